The summed E-state index contributed by atoms with van der Waals surface area (Å²) in [5.74, 6) is -0.499. The van der Waals surface area contributed by atoms with Gasteiger partial charge in [-0.05, 0) is 25.1 Å². The SMILES string of the molecule is Cc1ncccc1NC(=O)Nc1cccc(CN2CCN(C(=O)O)CC2)c1F. The fourth-order valence-corrected chi connectivity index (χ4v) is 3.03. The molecule has 0 atom stereocenters. The third-order valence-corrected chi connectivity index (χ3v) is 4.62. The largest absolute Gasteiger partial charge is 0.465 e. The second kappa shape index (κ2) is 8.66. The van der Waals surface area contributed by atoms with Crippen molar-refractivity contribution in [3.63, 3.8) is 0 Å². The summed E-state index contributed by atoms with van der Waals surface area (Å²) in [7, 11) is 0. The normalized spacial score (nSPS) is 14.6. The van der Waals surface area contributed by atoms with Crippen LogP contribution in [-0.2, 0) is 6.54 Å². The molecule has 0 radical (unpaired) electrons. The summed E-state index contributed by atoms with van der Waals surface area (Å²) in [5, 5.41) is 14.2. The van der Waals surface area contributed by atoms with Crippen LogP contribution >= 0.6 is 0 Å². The number of halogens is 1. The van der Waals surface area contributed by atoms with Crippen LogP contribution < -0.4 is 10.6 Å². The highest BCUT2D eigenvalue weighted by atomic mass is 19.1. The Hall–Kier alpha value is -3.20. The smallest absolute Gasteiger partial charge is 0.407 e. The summed E-state index contributed by atoms with van der Waals surface area (Å²) in [5.41, 5.74) is 1.74. The average Bonchev–Trinajstić information content (AvgIpc) is 2.67. The molecule has 0 spiro atoms. The number of aromatic nitrogens is 1. The maximum absolute atomic E-state index is 14.8. The highest BCUT2D eigenvalue weighted by molar-refractivity contribution is 6.00. The molecule has 1 aliphatic heterocycles. The van der Waals surface area contributed by atoms with E-state index in [2.05, 4.69) is 15.6 Å². The van der Waals surface area contributed by atoms with E-state index in [1.165, 1.54) is 11.0 Å². The van der Waals surface area contributed by atoms with Gasteiger partial charge in [-0.1, -0.05) is 12.1 Å². The Kier molecular flexibility index (Phi) is 6.05. The molecule has 9 heteroatoms. The van der Waals surface area contributed by atoms with Gasteiger partial charge in [0, 0.05) is 44.5 Å². The van der Waals surface area contributed by atoms with Crippen molar-refractivity contribution < 1.29 is 19.1 Å². The van der Waals surface area contributed by atoms with Crippen molar-refractivity contribution in [2.45, 2.75) is 13.5 Å². The fourth-order valence-electron chi connectivity index (χ4n) is 3.03. The van der Waals surface area contributed by atoms with Crippen LogP contribution in [0.3, 0.4) is 0 Å². The molecule has 28 heavy (non-hydrogen) atoms. The van der Waals surface area contributed by atoms with E-state index in [-0.39, 0.29) is 5.69 Å². The lowest BCUT2D eigenvalue weighted by Crippen LogP contribution is -2.47. The summed E-state index contributed by atoms with van der Waals surface area (Å²) in [6, 6.07) is 7.70. The zero-order valence-electron chi connectivity index (χ0n) is 15.5. The maximum Gasteiger partial charge on any atom is 0.407 e. The molecule has 3 rings (SSSR count). The number of carbonyl (C=O) groups excluding carboxylic acids is 1. The van der Waals surface area contributed by atoms with Crippen molar-refractivity contribution in [3.05, 3.63) is 53.6 Å². The van der Waals surface area contributed by atoms with Crippen molar-refractivity contribution >= 4 is 23.5 Å². The first kappa shape index (κ1) is 19.6. The number of carbonyl (C=O) groups is 2. The minimum Gasteiger partial charge on any atom is -0.465 e. The quantitative estimate of drug-likeness (QED) is 0.749. The van der Waals surface area contributed by atoms with Gasteiger partial charge in [-0.2, -0.15) is 0 Å². The van der Waals surface area contributed by atoms with Crippen LogP contribution in [0.2, 0.25) is 0 Å². The number of hydrogen-bond donors (Lipinski definition) is 3. The van der Waals surface area contributed by atoms with Crippen LogP contribution in [0.25, 0.3) is 0 Å². The monoisotopic (exact) mass is 387 g/mol. The Bertz CT molecular complexity index is 868. The third kappa shape index (κ3) is 4.74. The zero-order chi connectivity index (χ0) is 20.1. The molecule has 0 aliphatic carbocycles. The van der Waals surface area contributed by atoms with Gasteiger partial charge in [-0.15, -0.1) is 0 Å². The number of urea groups is 1. The molecule has 148 valence electrons. The summed E-state index contributed by atoms with van der Waals surface area (Å²) < 4.78 is 14.8. The van der Waals surface area contributed by atoms with E-state index in [1.54, 1.807) is 37.4 Å². The zero-order valence-corrected chi connectivity index (χ0v) is 15.5. The number of aryl methyl sites for hydroxylation is 1. The first-order valence-electron chi connectivity index (χ1n) is 8.91. The van der Waals surface area contributed by atoms with Gasteiger partial charge < -0.3 is 20.6 Å². The van der Waals surface area contributed by atoms with Gasteiger partial charge in [0.1, 0.15) is 0 Å². The predicted molar refractivity (Wildman–Crippen MR) is 103 cm³/mol. The van der Waals surface area contributed by atoms with E-state index in [0.717, 1.165) is 0 Å². The van der Waals surface area contributed by atoms with E-state index >= 15 is 0 Å². The minimum absolute atomic E-state index is 0.0840. The molecule has 1 aromatic heterocycles. The fraction of sp³-hybridized carbons (Fsp3) is 0.316. The number of nitrogens with zero attached hydrogens (tertiary/aromatic N) is 3. The van der Waals surface area contributed by atoms with Gasteiger partial charge in [0.05, 0.1) is 17.1 Å². The Morgan fingerprint density at radius 3 is 2.46 bits per heavy atom. The third-order valence-electron chi connectivity index (χ3n) is 4.62. The minimum atomic E-state index is -0.938. The number of carboxylic acid groups (broad SMARTS) is 1. The Morgan fingerprint density at radius 2 is 1.79 bits per heavy atom. The Labute approximate surface area is 162 Å². The number of rotatable bonds is 4. The summed E-state index contributed by atoms with van der Waals surface area (Å²) in [6.45, 7) is 3.96. The molecule has 2 heterocycles. The van der Waals surface area contributed by atoms with Gasteiger partial charge in [-0.3, -0.25) is 9.88 Å². The Balaban J connectivity index is 1.62. The van der Waals surface area contributed by atoms with E-state index in [4.69, 9.17) is 5.11 Å². The molecular formula is C19H22FN5O3. The van der Waals surface area contributed by atoms with Crippen LogP contribution in [0.15, 0.2) is 36.5 Å². The van der Waals surface area contributed by atoms with Gasteiger partial charge in [-0.25, -0.2) is 14.0 Å². The Morgan fingerprint density at radius 1 is 1.11 bits per heavy atom. The second-order valence-electron chi connectivity index (χ2n) is 6.54. The second-order valence-corrected chi connectivity index (χ2v) is 6.54. The lowest BCUT2D eigenvalue weighted by molar-refractivity contribution is 0.102. The van der Waals surface area contributed by atoms with Gasteiger partial charge >= 0.3 is 12.1 Å². The molecule has 3 amide bonds. The van der Waals surface area contributed by atoms with Crippen LogP contribution in [-0.4, -0.2) is 58.2 Å². The van der Waals surface area contributed by atoms with E-state index < -0.39 is 17.9 Å². The highest BCUT2D eigenvalue weighted by Gasteiger charge is 2.21. The molecule has 1 saturated heterocycles. The van der Waals surface area contributed by atoms with E-state index in [1.807, 2.05) is 4.90 Å². The number of nitrogens with one attached hydrogen (secondary N) is 2. The first-order chi connectivity index (χ1) is 13.4. The van der Waals surface area contributed by atoms with Gasteiger partial charge in [0.25, 0.3) is 0 Å². The first-order valence-corrected chi connectivity index (χ1v) is 8.91. The summed E-state index contributed by atoms with van der Waals surface area (Å²) in [4.78, 5) is 30.6. The number of anilines is 2. The standard InChI is InChI=1S/C19H22FN5O3/c1-13-15(6-3-7-21-13)22-18(26)23-16-5-2-4-14(17(16)20)12-24-8-10-25(11-9-24)19(27)28/h2-7H,8-12H2,1H3,(H,27,28)(H2,22,23,26). The number of benzene rings is 1. The molecule has 1 fully saturated rings. The number of pyridine rings is 1. The molecule has 0 bridgehead atoms. The molecule has 0 saturated carbocycles. The lowest BCUT2D eigenvalue weighted by Gasteiger charge is -2.33. The molecule has 8 nitrogen and oxygen atoms in total. The summed E-state index contributed by atoms with van der Waals surface area (Å²) in [6.07, 6.45) is 0.685. The van der Waals surface area contributed by atoms with Crippen molar-refractivity contribution in [2.75, 3.05) is 36.8 Å². The molecule has 2 aromatic rings. The van der Waals surface area contributed by atoms with E-state index in [9.17, 15) is 14.0 Å². The van der Waals surface area contributed by atoms with Crippen molar-refractivity contribution in [1.82, 2.24) is 14.8 Å². The van der Waals surface area contributed by atoms with Crippen molar-refractivity contribution in [1.29, 1.82) is 0 Å². The number of hydrogen-bond acceptors (Lipinski definition) is 4. The molecule has 3 N–H and O–H groups in total. The molecule has 0 unspecified atom stereocenters. The van der Waals surface area contributed by atoms with Crippen molar-refractivity contribution in [2.24, 2.45) is 0 Å². The summed E-state index contributed by atoms with van der Waals surface area (Å²) >= 11 is 0. The van der Waals surface area contributed by atoms with Crippen LogP contribution in [0, 0.1) is 12.7 Å². The van der Waals surface area contributed by atoms with E-state index in [0.29, 0.717) is 49.7 Å². The predicted octanol–water partition coefficient (Wildman–Crippen LogP) is 2.97. The molecule has 1 aliphatic rings. The van der Waals surface area contributed by atoms with Gasteiger partial charge in [0.2, 0.25) is 0 Å². The molecular weight excluding hydrogens is 365 g/mol. The highest BCUT2D eigenvalue weighted by Crippen LogP contribution is 2.21. The topological polar surface area (TPSA) is 97.8 Å². The maximum atomic E-state index is 14.8. The number of piperazine rings is 1. The molecule has 1 aromatic carbocycles. The lowest BCUT2D eigenvalue weighted by atomic mass is 10.1. The van der Waals surface area contributed by atoms with Crippen LogP contribution in [0.1, 0.15) is 11.3 Å². The van der Waals surface area contributed by atoms with Gasteiger partial charge in [0.15, 0.2) is 5.82 Å². The van der Waals surface area contributed by atoms with Crippen LogP contribution in [0.4, 0.5) is 25.4 Å². The van der Waals surface area contributed by atoms with Crippen molar-refractivity contribution in [3.8, 4) is 0 Å². The average molecular weight is 387 g/mol. The number of amides is 3. The van der Waals surface area contributed by atoms with Crippen LogP contribution in [0.5, 0.6) is 0 Å².